The van der Waals surface area contributed by atoms with Crippen molar-refractivity contribution in [1.82, 2.24) is 10.2 Å². The van der Waals surface area contributed by atoms with Crippen LogP contribution in [0.5, 0.6) is 0 Å². The normalized spacial score (nSPS) is 17.9. The summed E-state index contributed by atoms with van der Waals surface area (Å²) in [7, 11) is 3.05. The van der Waals surface area contributed by atoms with E-state index < -0.39 is 0 Å². The molecule has 116 valence electrons. The number of carbonyl (C=O) groups excluding carboxylic acids is 2. The van der Waals surface area contributed by atoms with Crippen molar-refractivity contribution in [3.8, 4) is 0 Å². The minimum absolute atomic E-state index is 0.000134. The van der Waals surface area contributed by atoms with Crippen LogP contribution in [0.4, 0.5) is 0 Å². The summed E-state index contributed by atoms with van der Waals surface area (Å²) in [6.07, 6.45) is 1.57. The summed E-state index contributed by atoms with van der Waals surface area (Å²) in [6.45, 7) is 1.74. The van der Waals surface area contributed by atoms with E-state index >= 15 is 0 Å². The number of hydrogen-bond donors (Lipinski definition) is 2. The highest BCUT2D eigenvalue weighted by Crippen LogP contribution is 2.11. The third kappa shape index (κ3) is 5.44. The van der Waals surface area contributed by atoms with Crippen molar-refractivity contribution in [2.75, 3.05) is 40.5 Å². The Bertz CT molecular complexity index is 313. The maximum atomic E-state index is 11.8. The van der Waals surface area contributed by atoms with Crippen molar-refractivity contribution in [3.05, 3.63) is 0 Å². The van der Waals surface area contributed by atoms with Crippen LogP contribution >= 0.6 is 0 Å². The molecule has 0 aromatic heterocycles. The quantitative estimate of drug-likeness (QED) is 0.633. The summed E-state index contributed by atoms with van der Waals surface area (Å²) >= 11 is 0. The Kier molecular flexibility index (Phi) is 7.50. The molecule has 3 N–H and O–H groups in total. The predicted molar refractivity (Wildman–Crippen MR) is 74.1 cm³/mol. The number of piperidine rings is 1. The fourth-order valence-corrected chi connectivity index (χ4v) is 2.24. The van der Waals surface area contributed by atoms with Gasteiger partial charge in [-0.05, 0) is 12.8 Å². The molecular weight excluding hydrogens is 262 g/mol. The van der Waals surface area contributed by atoms with E-state index in [0.29, 0.717) is 19.6 Å². The second-order valence-electron chi connectivity index (χ2n) is 4.95. The van der Waals surface area contributed by atoms with Gasteiger partial charge in [-0.2, -0.15) is 0 Å². The van der Waals surface area contributed by atoms with Gasteiger partial charge < -0.3 is 25.4 Å². The number of carbonyl (C=O) groups is 2. The molecule has 7 heteroatoms. The minimum Gasteiger partial charge on any atom is -0.380 e. The van der Waals surface area contributed by atoms with Crippen molar-refractivity contribution in [1.29, 1.82) is 0 Å². The SMILES string of the molecule is COCC(=O)N1CCC(NC(=O)CC(CN)OC)CC1. The van der Waals surface area contributed by atoms with Gasteiger partial charge in [0.1, 0.15) is 6.61 Å². The number of amides is 2. The topological polar surface area (TPSA) is 93.9 Å². The predicted octanol–water partition coefficient (Wildman–Crippen LogP) is -0.896. The van der Waals surface area contributed by atoms with Gasteiger partial charge in [0.15, 0.2) is 0 Å². The van der Waals surface area contributed by atoms with Gasteiger partial charge in [-0.3, -0.25) is 9.59 Å². The number of likely N-dealkylation sites (tertiary alicyclic amines) is 1. The highest BCUT2D eigenvalue weighted by Gasteiger charge is 2.24. The number of nitrogens with two attached hydrogens (primary N) is 1. The van der Waals surface area contributed by atoms with Gasteiger partial charge in [0, 0.05) is 39.9 Å². The molecule has 1 aliphatic rings. The molecule has 0 aromatic carbocycles. The second kappa shape index (κ2) is 8.89. The lowest BCUT2D eigenvalue weighted by atomic mass is 10.0. The number of nitrogens with one attached hydrogen (secondary N) is 1. The number of hydrogen-bond acceptors (Lipinski definition) is 5. The van der Waals surface area contributed by atoms with Crippen molar-refractivity contribution < 1.29 is 19.1 Å². The molecule has 0 radical (unpaired) electrons. The molecule has 1 heterocycles. The molecule has 0 saturated carbocycles. The molecule has 20 heavy (non-hydrogen) atoms. The maximum Gasteiger partial charge on any atom is 0.248 e. The lowest BCUT2D eigenvalue weighted by Crippen LogP contribution is -2.48. The number of nitrogens with zero attached hydrogens (tertiary/aromatic N) is 1. The molecule has 0 aromatic rings. The van der Waals surface area contributed by atoms with E-state index in [1.807, 2.05) is 0 Å². The van der Waals surface area contributed by atoms with Crippen molar-refractivity contribution in [2.24, 2.45) is 5.73 Å². The zero-order valence-corrected chi connectivity index (χ0v) is 12.3. The number of rotatable bonds is 7. The first-order valence-corrected chi connectivity index (χ1v) is 6.89. The van der Waals surface area contributed by atoms with Crippen molar-refractivity contribution in [2.45, 2.75) is 31.4 Å². The highest BCUT2D eigenvalue weighted by molar-refractivity contribution is 5.78. The third-order valence-corrected chi connectivity index (χ3v) is 3.49. The van der Waals surface area contributed by atoms with Crippen LogP contribution in [0.3, 0.4) is 0 Å². The van der Waals surface area contributed by atoms with E-state index in [1.165, 1.54) is 7.11 Å². The maximum absolute atomic E-state index is 11.8. The Morgan fingerprint density at radius 1 is 1.35 bits per heavy atom. The zero-order chi connectivity index (χ0) is 15.0. The summed E-state index contributed by atoms with van der Waals surface area (Å²) in [4.78, 5) is 25.2. The summed E-state index contributed by atoms with van der Waals surface area (Å²) in [5, 5.41) is 2.97. The van der Waals surface area contributed by atoms with Crippen LogP contribution in [0.2, 0.25) is 0 Å². The van der Waals surface area contributed by atoms with Crippen LogP contribution in [0.25, 0.3) is 0 Å². The molecule has 1 unspecified atom stereocenters. The molecule has 7 nitrogen and oxygen atoms in total. The van der Waals surface area contributed by atoms with Crippen LogP contribution in [-0.2, 0) is 19.1 Å². The van der Waals surface area contributed by atoms with Gasteiger partial charge in [0.25, 0.3) is 0 Å². The highest BCUT2D eigenvalue weighted by atomic mass is 16.5. The average molecular weight is 287 g/mol. The molecule has 1 fully saturated rings. The zero-order valence-electron chi connectivity index (χ0n) is 12.3. The summed E-state index contributed by atoms with van der Waals surface area (Å²) in [5.74, 6) is -0.0520. The first-order valence-electron chi connectivity index (χ1n) is 6.89. The van der Waals surface area contributed by atoms with Crippen LogP contribution in [-0.4, -0.2) is 69.3 Å². The Morgan fingerprint density at radius 3 is 2.50 bits per heavy atom. The molecule has 1 saturated heterocycles. The standard InChI is InChI=1S/C13H25N3O4/c1-19-9-13(18)16-5-3-10(4-6-16)15-12(17)7-11(8-14)20-2/h10-11H,3-9,14H2,1-2H3,(H,15,17). The van der Waals surface area contributed by atoms with Crippen LogP contribution in [0.15, 0.2) is 0 Å². The molecule has 1 rings (SSSR count). The smallest absolute Gasteiger partial charge is 0.248 e. The van der Waals surface area contributed by atoms with Gasteiger partial charge in [-0.15, -0.1) is 0 Å². The van der Waals surface area contributed by atoms with Gasteiger partial charge in [0.2, 0.25) is 11.8 Å². The first-order chi connectivity index (χ1) is 9.60. The monoisotopic (exact) mass is 287 g/mol. The number of ether oxygens (including phenoxy) is 2. The lowest BCUT2D eigenvalue weighted by Gasteiger charge is -2.32. The van der Waals surface area contributed by atoms with Gasteiger partial charge >= 0.3 is 0 Å². The summed E-state index contributed by atoms with van der Waals surface area (Å²) < 4.78 is 9.91. The van der Waals surface area contributed by atoms with Gasteiger partial charge in [0.05, 0.1) is 12.5 Å². The van der Waals surface area contributed by atoms with Crippen LogP contribution < -0.4 is 11.1 Å². The number of methoxy groups -OCH3 is 2. The van der Waals surface area contributed by atoms with Crippen molar-refractivity contribution in [3.63, 3.8) is 0 Å². The molecule has 1 atom stereocenters. The molecule has 1 aliphatic heterocycles. The fourth-order valence-electron chi connectivity index (χ4n) is 2.24. The van der Waals surface area contributed by atoms with Crippen LogP contribution in [0, 0.1) is 0 Å². The minimum atomic E-state index is -0.238. The van der Waals surface area contributed by atoms with Gasteiger partial charge in [-0.25, -0.2) is 0 Å². The Morgan fingerprint density at radius 2 is 2.00 bits per heavy atom. The fraction of sp³-hybridized carbons (Fsp3) is 0.846. The molecule has 2 amide bonds. The summed E-state index contributed by atoms with van der Waals surface area (Å²) in [5.41, 5.74) is 5.48. The van der Waals surface area contributed by atoms with E-state index in [2.05, 4.69) is 5.32 Å². The molecule has 0 aliphatic carbocycles. The molecular formula is C13H25N3O4. The van der Waals surface area contributed by atoms with E-state index in [0.717, 1.165) is 12.8 Å². The largest absolute Gasteiger partial charge is 0.380 e. The third-order valence-electron chi connectivity index (χ3n) is 3.49. The van der Waals surface area contributed by atoms with Crippen molar-refractivity contribution >= 4 is 11.8 Å². The Balaban J connectivity index is 2.28. The average Bonchev–Trinajstić information content (AvgIpc) is 2.45. The first kappa shape index (κ1) is 16.9. The van der Waals surface area contributed by atoms with E-state index in [1.54, 1.807) is 12.0 Å². The molecule has 0 bridgehead atoms. The lowest BCUT2D eigenvalue weighted by molar-refractivity contribution is -0.136. The second-order valence-corrected chi connectivity index (χ2v) is 4.95. The summed E-state index contributed by atoms with van der Waals surface area (Å²) in [6, 6.07) is 0.115. The Hall–Kier alpha value is -1.18. The Labute approximate surface area is 119 Å². The van der Waals surface area contributed by atoms with Crippen LogP contribution in [0.1, 0.15) is 19.3 Å². The van der Waals surface area contributed by atoms with E-state index in [-0.39, 0.29) is 37.0 Å². The van der Waals surface area contributed by atoms with Gasteiger partial charge in [-0.1, -0.05) is 0 Å². The molecule has 0 spiro atoms. The van der Waals surface area contributed by atoms with E-state index in [4.69, 9.17) is 15.2 Å². The van der Waals surface area contributed by atoms with E-state index in [9.17, 15) is 9.59 Å².